The van der Waals surface area contributed by atoms with Gasteiger partial charge in [-0.25, -0.2) is 0 Å². The van der Waals surface area contributed by atoms with E-state index < -0.39 is 0 Å². The van der Waals surface area contributed by atoms with Gasteiger partial charge in [-0.2, -0.15) is 0 Å². The van der Waals surface area contributed by atoms with Crippen LogP contribution in [0.15, 0.2) is 34.7 Å². The van der Waals surface area contributed by atoms with Crippen LogP contribution < -0.4 is 5.73 Å². The molecule has 1 radical (unpaired) electrons. The van der Waals surface area contributed by atoms with Crippen LogP contribution in [-0.2, 0) is 0 Å². The molecule has 61 valence electrons. The molecule has 0 fully saturated rings. The molecule has 0 atom stereocenters. The van der Waals surface area contributed by atoms with Crippen LogP contribution in [-0.4, -0.2) is 31.9 Å². The van der Waals surface area contributed by atoms with E-state index in [2.05, 4.69) is 31.2 Å². The average Bonchev–Trinajstić information content (AvgIpc) is 2.05. The number of nitrogens with zero attached hydrogens (tertiary/aromatic N) is 3. The third-order valence-electron chi connectivity index (χ3n) is 1.07. The summed E-state index contributed by atoms with van der Waals surface area (Å²) >= 11 is 2.53. The van der Waals surface area contributed by atoms with Gasteiger partial charge < -0.3 is 0 Å². The molecule has 0 bridgehead atoms. The minimum atomic E-state index is 0.320. The molecule has 4 nitrogen and oxygen atoms in total. The second-order valence-electron chi connectivity index (χ2n) is 1.96. The quantitative estimate of drug-likeness (QED) is 0.331. The van der Waals surface area contributed by atoms with E-state index in [9.17, 15) is 0 Å². The topological polar surface area (TPSA) is 63.6 Å². The number of hydrogen-bond acceptors (Lipinski definition) is 3. The molecule has 1 aromatic rings. The first kappa shape index (κ1) is 8.90. The summed E-state index contributed by atoms with van der Waals surface area (Å²) in [4.78, 5) is 3.86. The summed E-state index contributed by atoms with van der Waals surface area (Å²) in [6.07, 6.45) is 4.98. The van der Waals surface area contributed by atoms with Crippen molar-refractivity contribution in [3.05, 3.63) is 30.1 Å². The summed E-state index contributed by atoms with van der Waals surface area (Å²) < 4.78 is 0.320. The van der Waals surface area contributed by atoms with Crippen molar-refractivity contribution in [2.75, 3.05) is 0 Å². The number of pyridine rings is 1. The van der Waals surface area contributed by atoms with Crippen LogP contribution in [0.4, 0.5) is 0 Å². The number of hydrogen-bond donors (Lipinski definition) is 1. The Morgan fingerprint density at radius 3 is 2.75 bits per heavy atom. The third-order valence-corrected chi connectivity index (χ3v) is 1.24. The van der Waals surface area contributed by atoms with Gasteiger partial charge in [0.1, 0.15) is 0 Å². The van der Waals surface area contributed by atoms with E-state index >= 15 is 0 Å². The molecule has 5 heteroatoms. The summed E-state index contributed by atoms with van der Waals surface area (Å²) in [5.74, 6) is 0. The van der Waals surface area contributed by atoms with E-state index in [1.165, 1.54) is 0 Å². The van der Waals surface area contributed by atoms with E-state index in [1.54, 1.807) is 18.6 Å². The molecule has 0 spiro atoms. The molecule has 0 saturated heterocycles. The first-order chi connectivity index (χ1) is 5.79. The molecule has 0 aliphatic carbocycles. The van der Waals surface area contributed by atoms with Gasteiger partial charge in [-0.15, -0.1) is 0 Å². The first-order valence-electron chi connectivity index (χ1n) is 3.22. The standard InChI is InChI=1S/C7H7N4Se/c8-7(12)11-10-5-6-1-3-9-4-2-6/h1-5H,(H2,8,11). The normalized spacial score (nSPS) is 12.2. The maximum absolute atomic E-state index is 5.22. The van der Waals surface area contributed by atoms with E-state index in [-0.39, 0.29) is 0 Å². The molecule has 1 heterocycles. The fourth-order valence-corrected chi connectivity index (χ4v) is 0.701. The van der Waals surface area contributed by atoms with E-state index in [0.29, 0.717) is 4.73 Å². The van der Waals surface area contributed by atoms with Crippen molar-refractivity contribution >= 4 is 27.0 Å². The van der Waals surface area contributed by atoms with Gasteiger partial charge in [-0.1, -0.05) is 0 Å². The van der Waals surface area contributed by atoms with Gasteiger partial charge in [0.25, 0.3) is 0 Å². The van der Waals surface area contributed by atoms with Gasteiger partial charge >= 0.3 is 78.0 Å². The Morgan fingerprint density at radius 2 is 2.17 bits per heavy atom. The summed E-state index contributed by atoms with van der Waals surface area (Å²) in [6.45, 7) is 0. The van der Waals surface area contributed by atoms with Crippen LogP contribution >= 0.6 is 0 Å². The zero-order valence-electron chi connectivity index (χ0n) is 6.21. The Balaban J connectivity index is 2.64. The number of aromatic nitrogens is 1. The third kappa shape index (κ3) is 3.27. The molecule has 1 aromatic heterocycles. The van der Waals surface area contributed by atoms with Crippen molar-refractivity contribution in [2.45, 2.75) is 0 Å². The zero-order chi connectivity index (χ0) is 8.81. The summed E-state index contributed by atoms with van der Waals surface area (Å²) in [6, 6.07) is 3.66. The van der Waals surface area contributed by atoms with E-state index in [1.807, 2.05) is 12.1 Å². The van der Waals surface area contributed by atoms with Crippen molar-refractivity contribution < 1.29 is 0 Å². The molecular formula is C7H7N4Se. The average molecular weight is 226 g/mol. The molecule has 0 aromatic carbocycles. The Kier molecular flexibility index (Phi) is 3.44. The molecule has 0 amide bonds. The van der Waals surface area contributed by atoms with Crippen molar-refractivity contribution in [1.82, 2.24) is 4.98 Å². The van der Waals surface area contributed by atoms with Crippen LogP contribution in [0, 0.1) is 0 Å². The molecule has 0 aliphatic heterocycles. The number of nitrogens with two attached hydrogens (primary N) is 1. The predicted octanol–water partition coefficient (Wildman–Crippen LogP) is -0.101. The molecule has 2 N–H and O–H groups in total. The van der Waals surface area contributed by atoms with Crippen LogP contribution in [0.5, 0.6) is 0 Å². The van der Waals surface area contributed by atoms with Gasteiger partial charge in [0.05, 0.1) is 0 Å². The maximum atomic E-state index is 5.22. The number of amidine groups is 1. The summed E-state index contributed by atoms with van der Waals surface area (Å²) in [5, 5.41) is 7.33. The van der Waals surface area contributed by atoms with Crippen molar-refractivity contribution in [2.24, 2.45) is 15.9 Å². The number of rotatable bonds is 2. The van der Waals surface area contributed by atoms with Gasteiger partial charge in [0.2, 0.25) is 0 Å². The van der Waals surface area contributed by atoms with Crippen molar-refractivity contribution in [1.29, 1.82) is 0 Å². The van der Waals surface area contributed by atoms with Gasteiger partial charge in [-0.05, 0) is 0 Å². The Bertz CT molecular complexity index is 290. The minimum absolute atomic E-state index is 0.320. The molecule has 0 aliphatic rings. The molecule has 0 unspecified atom stereocenters. The van der Waals surface area contributed by atoms with E-state index in [4.69, 9.17) is 5.73 Å². The fourth-order valence-electron chi connectivity index (χ4n) is 0.602. The Morgan fingerprint density at radius 1 is 1.50 bits per heavy atom. The van der Waals surface area contributed by atoms with Gasteiger partial charge in [0, 0.05) is 0 Å². The zero-order valence-corrected chi connectivity index (χ0v) is 7.93. The second kappa shape index (κ2) is 4.64. The molecule has 12 heavy (non-hydrogen) atoms. The second-order valence-corrected chi connectivity index (χ2v) is 2.84. The molecule has 1 rings (SSSR count). The van der Waals surface area contributed by atoms with Gasteiger partial charge in [0.15, 0.2) is 0 Å². The van der Waals surface area contributed by atoms with Crippen LogP contribution in [0.1, 0.15) is 5.56 Å². The first-order valence-corrected chi connectivity index (χ1v) is 4.08. The Labute approximate surface area is 78.4 Å². The van der Waals surface area contributed by atoms with Crippen LogP contribution in [0.2, 0.25) is 0 Å². The summed E-state index contributed by atoms with van der Waals surface area (Å²) in [7, 11) is 0. The van der Waals surface area contributed by atoms with Crippen molar-refractivity contribution in [3.63, 3.8) is 0 Å². The van der Waals surface area contributed by atoms with Crippen LogP contribution in [0.25, 0.3) is 0 Å². The summed E-state index contributed by atoms with van der Waals surface area (Å²) in [5.41, 5.74) is 6.16. The predicted molar refractivity (Wildman–Crippen MR) is 49.2 cm³/mol. The van der Waals surface area contributed by atoms with Gasteiger partial charge in [-0.3, -0.25) is 0 Å². The monoisotopic (exact) mass is 227 g/mol. The molecular weight excluding hydrogens is 219 g/mol. The van der Waals surface area contributed by atoms with Crippen LogP contribution in [0.3, 0.4) is 0 Å². The fraction of sp³-hybridized carbons (Fsp3) is 0. The Hall–Kier alpha value is -1.19. The SMILES string of the molecule is NC([Se])=NN=Cc1ccncc1. The van der Waals surface area contributed by atoms with E-state index in [0.717, 1.165) is 5.56 Å². The van der Waals surface area contributed by atoms with Crippen molar-refractivity contribution in [3.8, 4) is 0 Å². The molecule has 0 saturated carbocycles.